The van der Waals surface area contributed by atoms with Crippen LogP contribution in [0.2, 0.25) is 5.02 Å². The van der Waals surface area contributed by atoms with E-state index in [-0.39, 0.29) is 30.0 Å². The van der Waals surface area contributed by atoms with Crippen molar-refractivity contribution in [2.24, 2.45) is 0 Å². The molecule has 2 aromatic heterocycles. The molecule has 0 saturated heterocycles. The second-order valence-corrected chi connectivity index (χ2v) is 7.97. The molecule has 0 saturated carbocycles. The summed E-state index contributed by atoms with van der Waals surface area (Å²) in [5.41, 5.74) is 1.62. The number of methoxy groups -OCH3 is 3. The number of halogens is 1. The fourth-order valence-corrected chi connectivity index (χ4v) is 4.31. The molecule has 164 valence electrons. The molecule has 10 heteroatoms. The minimum Gasteiger partial charge on any atom is -0.494 e. The highest BCUT2D eigenvalue weighted by atomic mass is 35.5. The molecule has 1 amide bonds. The maximum atomic E-state index is 13.6. The van der Waals surface area contributed by atoms with E-state index in [1.165, 1.54) is 36.5 Å². The number of rotatable bonds is 7. The summed E-state index contributed by atoms with van der Waals surface area (Å²) in [6.45, 7) is 0.272. The molecule has 4 aromatic rings. The fourth-order valence-electron chi connectivity index (χ4n) is 3.06. The molecule has 0 unspecified atom stereocenters. The first-order valence-corrected chi connectivity index (χ1v) is 10.7. The largest absolute Gasteiger partial charge is 0.494 e. The second kappa shape index (κ2) is 9.37. The van der Waals surface area contributed by atoms with Crippen LogP contribution >= 0.6 is 22.9 Å². The smallest absolute Gasteiger partial charge is 0.320 e. The molecule has 2 aromatic carbocycles. The lowest BCUT2D eigenvalue weighted by molar-refractivity contribution is 0.0978. The highest BCUT2D eigenvalue weighted by Crippen LogP contribution is 2.39. The van der Waals surface area contributed by atoms with Crippen LogP contribution in [0.5, 0.6) is 17.6 Å². The van der Waals surface area contributed by atoms with Gasteiger partial charge in [0.1, 0.15) is 17.0 Å². The zero-order valence-electron chi connectivity index (χ0n) is 17.5. The molecule has 32 heavy (non-hydrogen) atoms. The van der Waals surface area contributed by atoms with Crippen LogP contribution in [0.15, 0.2) is 48.5 Å². The first-order valence-electron chi connectivity index (χ1n) is 9.50. The lowest BCUT2D eigenvalue weighted by atomic mass is 10.2. The third-order valence-electron chi connectivity index (χ3n) is 4.62. The van der Waals surface area contributed by atoms with Crippen molar-refractivity contribution in [3.05, 3.63) is 64.8 Å². The Balaban J connectivity index is 1.84. The van der Waals surface area contributed by atoms with Crippen molar-refractivity contribution in [2.75, 3.05) is 26.2 Å². The van der Waals surface area contributed by atoms with Crippen LogP contribution in [0.25, 0.3) is 10.2 Å². The van der Waals surface area contributed by atoms with Crippen LogP contribution in [-0.4, -0.2) is 42.2 Å². The van der Waals surface area contributed by atoms with Gasteiger partial charge in [-0.2, -0.15) is 9.97 Å². The topological polar surface area (TPSA) is 86.7 Å². The maximum Gasteiger partial charge on any atom is 0.320 e. The van der Waals surface area contributed by atoms with Crippen molar-refractivity contribution >= 4 is 44.2 Å². The van der Waals surface area contributed by atoms with Gasteiger partial charge in [0.25, 0.3) is 5.91 Å². The van der Waals surface area contributed by atoms with Gasteiger partial charge < -0.3 is 14.2 Å². The molecule has 0 fully saturated rings. The second-order valence-electron chi connectivity index (χ2n) is 6.58. The average molecular weight is 471 g/mol. The molecule has 8 nitrogen and oxygen atoms in total. The molecular formula is C22H19ClN4O4S. The summed E-state index contributed by atoms with van der Waals surface area (Å²) >= 11 is 7.70. The minimum atomic E-state index is -0.387. The number of anilines is 1. The number of ether oxygens (including phenoxy) is 3. The predicted octanol–water partition coefficient (Wildman–Crippen LogP) is 4.61. The fraction of sp³-hybridized carbons (Fsp3) is 0.182. The van der Waals surface area contributed by atoms with Crippen molar-refractivity contribution < 1.29 is 19.0 Å². The number of thiazole rings is 1. The van der Waals surface area contributed by atoms with Crippen LogP contribution in [0.1, 0.15) is 16.1 Å². The Morgan fingerprint density at radius 3 is 2.47 bits per heavy atom. The number of nitrogens with zero attached hydrogens (tertiary/aromatic N) is 4. The van der Waals surface area contributed by atoms with Gasteiger partial charge in [-0.1, -0.05) is 53.3 Å². The van der Waals surface area contributed by atoms with Crippen LogP contribution in [0.3, 0.4) is 0 Å². The highest BCUT2D eigenvalue weighted by molar-refractivity contribution is 7.23. The van der Waals surface area contributed by atoms with E-state index in [9.17, 15) is 4.79 Å². The molecular weight excluding hydrogens is 452 g/mol. The van der Waals surface area contributed by atoms with Gasteiger partial charge in [0.2, 0.25) is 5.88 Å². The number of carbonyl (C=O) groups is 1. The summed E-state index contributed by atoms with van der Waals surface area (Å²) < 4.78 is 16.5. The van der Waals surface area contributed by atoms with Gasteiger partial charge in [-0.3, -0.25) is 9.69 Å². The van der Waals surface area contributed by atoms with Gasteiger partial charge in [-0.25, -0.2) is 4.98 Å². The third-order valence-corrected chi connectivity index (χ3v) is 6.16. The van der Waals surface area contributed by atoms with Crippen molar-refractivity contribution in [3.8, 4) is 17.6 Å². The Morgan fingerprint density at radius 1 is 1.00 bits per heavy atom. The van der Waals surface area contributed by atoms with Crippen LogP contribution in [0, 0.1) is 0 Å². The van der Waals surface area contributed by atoms with E-state index in [2.05, 4.69) is 15.0 Å². The van der Waals surface area contributed by atoms with E-state index in [4.69, 9.17) is 25.8 Å². The molecule has 0 spiro atoms. The SMILES string of the molecule is COc1cc(C(=O)N(Cc2ccccc2)c2nc3c(OC)ccc(Cl)c3s2)nc(OC)n1. The van der Waals surface area contributed by atoms with Gasteiger partial charge in [0.05, 0.1) is 37.6 Å². The molecule has 0 N–H and O–H groups in total. The van der Waals surface area contributed by atoms with E-state index in [0.29, 0.717) is 21.4 Å². The number of hydrogen-bond donors (Lipinski definition) is 0. The Labute approximate surface area is 193 Å². The zero-order valence-corrected chi connectivity index (χ0v) is 19.1. The van der Waals surface area contributed by atoms with E-state index in [0.717, 1.165) is 10.3 Å². The minimum absolute atomic E-state index is 0.0291. The van der Waals surface area contributed by atoms with E-state index < -0.39 is 0 Å². The third kappa shape index (κ3) is 4.30. The number of fused-ring (bicyclic) bond motifs is 1. The molecule has 4 rings (SSSR count). The summed E-state index contributed by atoms with van der Waals surface area (Å²) in [7, 11) is 4.44. The van der Waals surface area contributed by atoms with Gasteiger partial charge >= 0.3 is 6.01 Å². The summed E-state index contributed by atoms with van der Waals surface area (Å²) in [5.74, 6) is 0.403. The number of amides is 1. The molecule has 0 aliphatic rings. The van der Waals surface area contributed by atoms with E-state index >= 15 is 0 Å². The van der Waals surface area contributed by atoms with Gasteiger partial charge in [0.15, 0.2) is 5.13 Å². The van der Waals surface area contributed by atoms with Crippen molar-refractivity contribution in [3.63, 3.8) is 0 Å². The number of hydrogen-bond acceptors (Lipinski definition) is 8. The van der Waals surface area contributed by atoms with Crippen LogP contribution in [0.4, 0.5) is 5.13 Å². The Bertz CT molecular complexity index is 1240. The first-order chi connectivity index (χ1) is 15.5. The van der Waals surface area contributed by atoms with Gasteiger partial charge in [0, 0.05) is 6.07 Å². The first kappa shape index (κ1) is 21.8. The quantitative estimate of drug-likeness (QED) is 0.389. The maximum absolute atomic E-state index is 13.6. The van der Waals surface area contributed by atoms with Crippen LogP contribution in [-0.2, 0) is 6.54 Å². The molecule has 0 aliphatic carbocycles. The van der Waals surface area contributed by atoms with Gasteiger partial charge in [-0.05, 0) is 17.7 Å². The number of aromatic nitrogens is 3. The van der Waals surface area contributed by atoms with Crippen LogP contribution < -0.4 is 19.1 Å². The predicted molar refractivity (Wildman–Crippen MR) is 123 cm³/mol. The lowest BCUT2D eigenvalue weighted by Gasteiger charge is -2.20. The van der Waals surface area contributed by atoms with Gasteiger partial charge in [-0.15, -0.1) is 0 Å². The molecule has 0 atom stereocenters. The Kier molecular flexibility index (Phi) is 6.38. The average Bonchev–Trinajstić information content (AvgIpc) is 3.29. The molecule has 0 bridgehead atoms. The van der Waals surface area contributed by atoms with E-state index in [1.807, 2.05) is 30.3 Å². The normalized spacial score (nSPS) is 10.8. The summed E-state index contributed by atoms with van der Waals surface area (Å²) in [6.07, 6.45) is 0. The van der Waals surface area contributed by atoms with Crippen molar-refractivity contribution in [1.82, 2.24) is 15.0 Å². The summed E-state index contributed by atoms with van der Waals surface area (Å²) in [6, 6.07) is 14.6. The zero-order chi connectivity index (χ0) is 22.7. The summed E-state index contributed by atoms with van der Waals surface area (Å²) in [5, 5.41) is 0.985. The monoisotopic (exact) mass is 470 g/mol. The van der Waals surface area contributed by atoms with E-state index in [1.54, 1.807) is 19.2 Å². The number of carbonyl (C=O) groups excluding carboxylic acids is 1. The Morgan fingerprint density at radius 2 is 1.78 bits per heavy atom. The van der Waals surface area contributed by atoms with Crippen molar-refractivity contribution in [2.45, 2.75) is 6.54 Å². The Hall–Kier alpha value is -3.43. The highest BCUT2D eigenvalue weighted by Gasteiger charge is 2.26. The standard InChI is InChI=1S/C22H19ClN4O4S/c1-29-16-10-9-14(23)19-18(16)26-22(32-19)27(12-13-7-5-4-6-8-13)20(28)15-11-17(30-2)25-21(24-15)31-3/h4-11H,12H2,1-3H3. The number of benzene rings is 2. The molecule has 0 aliphatic heterocycles. The molecule has 2 heterocycles. The summed E-state index contributed by atoms with van der Waals surface area (Å²) in [4.78, 5) is 28.1. The van der Waals surface area contributed by atoms with Crippen molar-refractivity contribution in [1.29, 1.82) is 0 Å². The lowest BCUT2D eigenvalue weighted by Crippen LogP contribution is -2.31. The molecule has 0 radical (unpaired) electrons.